The SMILES string of the molecule is NCC1CCCC(C2CCN(C(=C3CCC3)C3CCC4NCCC(B(O)O)C4C3)CC2)C1. The largest absolute Gasteiger partial charge is 0.455 e. The molecule has 0 aromatic heterocycles. The van der Waals surface area contributed by atoms with E-state index in [1.165, 1.54) is 83.7 Å². The van der Waals surface area contributed by atoms with E-state index in [9.17, 15) is 10.0 Å². The predicted molar refractivity (Wildman–Crippen MR) is 131 cm³/mol. The molecule has 0 aromatic rings. The molecule has 5 fully saturated rings. The second-order valence-corrected chi connectivity index (χ2v) is 11.8. The minimum atomic E-state index is -1.16. The van der Waals surface area contributed by atoms with Gasteiger partial charge in [0.1, 0.15) is 0 Å². The van der Waals surface area contributed by atoms with Crippen LogP contribution in [0, 0.1) is 29.6 Å². The molecule has 0 spiro atoms. The molecule has 0 aromatic carbocycles. The van der Waals surface area contributed by atoms with E-state index in [4.69, 9.17) is 5.73 Å². The number of fused-ring (bicyclic) bond motifs is 1. The fourth-order valence-corrected chi connectivity index (χ4v) is 8.17. The summed E-state index contributed by atoms with van der Waals surface area (Å²) in [6, 6.07) is 0.479. The van der Waals surface area contributed by atoms with E-state index in [1.807, 2.05) is 0 Å². The summed E-state index contributed by atoms with van der Waals surface area (Å²) < 4.78 is 0. The fraction of sp³-hybridized carbons (Fsp3) is 0.923. The first-order chi connectivity index (χ1) is 15.6. The zero-order chi connectivity index (χ0) is 22.1. The molecule has 5 aliphatic rings. The van der Waals surface area contributed by atoms with Crippen LogP contribution in [0.25, 0.3) is 0 Å². The molecule has 32 heavy (non-hydrogen) atoms. The highest BCUT2D eigenvalue weighted by molar-refractivity contribution is 6.43. The molecular weight excluding hydrogens is 397 g/mol. The number of piperidine rings is 2. The average molecular weight is 443 g/mol. The molecule has 5 N–H and O–H groups in total. The van der Waals surface area contributed by atoms with Gasteiger partial charge in [-0.1, -0.05) is 18.4 Å². The molecule has 6 unspecified atom stereocenters. The summed E-state index contributed by atoms with van der Waals surface area (Å²) in [6.07, 6.45) is 16.7. The van der Waals surface area contributed by atoms with Gasteiger partial charge >= 0.3 is 7.12 Å². The summed E-state index contributed by atoms with van der Waals surface area (Å²) in [5, 5.41) is 23.8. The van der Waals surface area contributed by atoms with Crippen molar-refractivity contribution in [2.24, 2.45) is 35.3 Å². The summed E-state index contributed by atoms with van der Waals surface area (Å²) in [5.74, 6) is 3.67. The van der Waals surface area contributed by atoms with Gasteiger partial charge in [0.25, 0.3) is 0 Å². The number of likely N-dealkylation sites (tertiary alicyclic amines) is 1. The van der Waals surface area contributed by atoms with Crippen LogP contribution in [-0.4, -0.2) is 54.3 Å². The van der Waals surface area contributed by atoms with Crippen molar-refractivity contribution in [1.29, 1.82) is 0 Å². The second-order valence-electron chi connectivity index (χ2n) is 11.8. The lowest BCUT2D eigenvalue weighted by molar-refractivity contribution is 0.104. The fourth-order valence-electron chi connectivity index (χ4n) is 8.17. The first-order valence-electron chi connectivity index (χ1n) is 13.9. The molecule has 2 saturated heterocycles. The van der Waals surface area contributed by atoms with E-state index >= 15 is 0 Å². The lowest BCUT2D eigenvalue weighted by atomic mass is 9.56. The van der Waals surface area contributed by atoms with Crippen molar-refractivity contribution in [3.63, 3.8) is 0 Å². The molecule has 6 atom stereocenters. The zero-order valence-electron chi connectivity index (χ0n) is 20.1. The number of nitrogens with one attached hydrogen (secondary N) is 1. The Hall–Kier alpha value is -0.555. The minimum Gasteiger partial charge on any atom is -0.427 e. The van der Waals surface area contributed by atoms with Crippen molar-refractivity contribution in [3.8, 4) is 0 Å². The lowest BCUT2D eigenvalue weighted by Gasteiger charge is -2.49. The Morgan fingerprint density at radius 3 is 2.44 bits per heavy atom. The van der Waals surface area contributed by atoms with Gasteiger partial charge in [0.05, 0.1) is 0 Å². The molecule has 3 saturated carbocycles. The van der Waals surface area contributed by atoms with Crippen LogP contribution in [0.1, 0.15) is 83.5 Å². The highest BCUT2D eigenvalue weighted by Gasteiger charge is 2.44. The van der Waals surface area contributed by atoms with Gasteiger partial charge in [-0.05, 0) is 119 Å². The van der Waals surface area contributed by atoms with E-state index < -0.39 is 7.12 Å². The van der Waals surface area contributed by atoms with Gasteiger partial charge in [0.2, 0.25) is 0 Å². The molecule has 180 valence electrons. The van der Waals surface area contributed by atoms with Crippen LogP contribution in [0.4, 0.5) is 0 Å². The van der Waals surface area contributed by atoms with E-state index in [0.717, 1.165) is 43.7 Å². The number of nitrogens with zero attached hydrogens (tertiary/aromatic N) is 1. The Bertz CT molecular complexity index is 657. The number of rotatable bonds is 5. The van der Waals surface area contributed by atoms with Crippen LogP contribution >= 0.6 is 0 Å². The topological polar surface area (TPSA) is 81.8 Å². The van der Waals surface area contributed by atoms with Gasteiger partial charge in [0, 0.05) is 24.8 Å². The highest BCUT2D eigenvalue weighted by Crippen LogP contribution is 2.47. The first-order valence-corrected chi connectivity index (χ1v) is 13.9. The summed E-state index contributed by atoms with van der Waals surface area (Å²) in [4.78, 5) is 2.79. The van der Waals surface area contributed by atoms with Gasteiger partial charge in [-0.3, -0.25) is 0 Å². The Labute approximate surface area is 195 Å². The summed E-state index contributed by atoms with van der Waals surface area (Å²) >= 11 is 0. The molecule has 2 aliphatic heterocycles. The van der Waals surface area contributed by atoms with Gasteiger partial charge < -0.3 is 26.0 Å². The van der Waals surface area contributed by atoms with E-state index in [1.54, 1.807) is 11.3 Å². The predicted octanol–water partition coefficient (Wildman–Crippen LogP) is 3.52. The van der Waals surface area contributed by atoms with Gasteiger partial charge in [-0.25, -0.2) is 0 Å². The molecule has 0 radical (unpaired) electrons. The normalized spacial score (nSPS) is 38.7. The minimum absolute atomic E-state index is 0.0456. The standard InChI is InChI=1S/C26H46BN3O2/c28-17-18-3-1-6-21(15-18)19-10-13-30(14-11-19)26(20-4-2-5-20)22-7-8-25-23(16-22)24(27(31)32)9-12-29-25/h18-19,21-25,29,31-32H,1-17,28H2. The van der Waals surface area contributed by atoms with Crippen LogP contribution in [0.2, 0.25) is 5.82 Å². The number of allylic oxidation sites excluding steroid dienone is 2. The van der Waals surface area contributed by atoms with Gasteiger partial charge in [-0.2, -0.15) is 0 Å². The third-order valence-electron chi connectivity index (χ3n) is 10.1. The van der Waals surface area contributed by atoms with Crippen molar-refractivity contribution in [1.82, 2.24) is 10.2 Å². The van der Waals surface area contributed by atoms with Crippen molar-refractivity contribution in [3.05, 3.63) is 11.3 Å². The van der Waals surface area contributed by atoms with E-state index in [-0.39, 0.29) is 5.82 Å². The second kappa shape index (κ2) is 10.4. The third kappa shape index (κ3) is 4.80. The van der Waals surface area contributed by atoms with Crippen LogP contribution in [-0.2, 0) is 0 Å². The Kier molecular flexibility index (Phi) is 7.52. The Morgan fingerprint density at radius 2 is 1.75 bits per heavy atom. The smallest absolute Gasteiger partial charge is 0.427 e. The Balaban J connectivity index is 1.25. The van der Waals surface area contributed by atoms with Crippen molar-refractivity contribution >= 4 is 7.12 Å². The van der Waals surface area contributed by atoms with Gasteiger partial charge in [0.15, 0.2) is 0 Å². The lowest BCUT2D eigenvalue weighted by Crippen LogP contribution is -2.51. The van der Waals surface area contributed by atoms with Crippen LogP contribution < -0.4 is 11.1 Å². The molecule has 5 rings (SSSR count). The molecule has 0 bridgehead atoms. The average Bonchev–Trinajstić information content (AvgIpc) is 2.80. The van der Waals surface area contributed by atoms with E-state index in [2.05, 4.69) is 10.2 Å². The van der Waals surface area contributed by atoms with Crippen molar-refractivity contribution in [2.45, 2.75) is 95.3 Å². The van der Waals surface area contributed by atoms with E-state index in [0.29, 0.717) is 17.9 Å². The molecule has 5 nitrogen and oxygen atoms in total. The number of nitrogens with two attached hydrogens (primary N) is 1. The Morgan fingerprint density at radius 1 is 0.938 bits per heavy atom. The molecule has 2 heterocycles. The maximum Gasteiger partial charge on any atom is 0.455 e. The van der Waals surface area contributed by atoms with Gasteiger partial charge in [-0.15, -0.1) is 0 Å². The van der Waals surface area contributed by atoms with Crippen LogP contribution in [0.15, 0.2) is 11.3 Å². The molecule has 0 amide bonds. The molecular formula is C26H46BN3O2. The maximum atomic E-state index is 10.0. The first kappa shape index (κ1) is 23.2. The monoisotopic (exact) mass is 443 g/mol. The van der Waals surface area contributed by atoms with Crippen LogP contribution in [0.5, 0.6) is 0 Å². The zero-order valence-corrected chi connectivity index (χ0v) is 20.1. The van der Waals surface area contributed by atoms with Crippen LogP contribution in [0.3, 0.4) is 0 Å². The quantitative estimate of drug-likeness (QED) is 0.489. The maximum absolute atomic E-state index is 10.0. The summed E-state index contributed by atoms with van der Waals surface area (Å²) in [6.45, 7) is 4.29. The molecule has 6 heteroatoms. The van der Waals surface area contributed by atoms with Crippen molar-refractivity contribution < 1.29 is 10.0 Å². The molecule has 3 aliphatic carbocycles. The third-order valence-corrected chi connectivity index (χ3v) is 10.1. The highest BCUT2D eigenvalue weighted by atomic mass is 16.4. The van der Waals surface area contributed by atoms with Crippen molar-refractivity contribution in [2.75, 3.05) is 26.2 Å². The number of hydrogen-bond donors (Lipinski definition) is 4. The summed E-state index contributed by atoms with van der Waals surface area (Å²) in [5.41, 5.74) is 9.46. The number of hydrogen-bond acceptors (Lipinski definition) is 5. The summed E-state index contributed by atoms with van der Waals surface area (Å²) in [7, 11) is -1.16.